The van der Waals surface area contributed by atoms with Crippen molar-refractivity contribution in [3.05, 3.63) is 58.6 Å². The van der Waals surface area contributed by atoms with E-state index in [1.165, 1.54) is 16.0 Å². The summed E-state index contributed by atoms with van der Waals surface area (Å²) in [6.45, 7) is 0.238. The fraction of sp³-hybridized carbons (Fsp3) is 0.211. The third kappa shape index (κ3) is 4.76. The molecule has 0 radical (unpaired) electrons. The lowest BCUT2D eigenvalue weighted by molar-refractivity contribution is 0.222. The van der Waals surface area contributed by atoms with Crippen LogP contribution in [0.1, 0.15) is 11.1 Å². The SMILES string of the molecule is CN(C)C(=O)Nc1cccc(CN2N=C(c3cc(Cl)ccc3O)CSC2=O)c1. The van der Waals surface area contributed by atoms with Crippen LogP contribution < -0.4 is 5.32 Å². The highest BCUT2D eigenvalue weighted by Crippen LogP contribution is 2.28. The second-order valence-corrected chi connectivity index (χ2v) is 7.71. The summed E-state index contributed by atoms with van der Waals surface area (Å²) in [4.78, 5) is 25.5. The van der Waals surface area contributed by atoms with E-state index in [1.54, 1.807) is 44.4 Å². The van der Waals surface area contributed by atoms with Crippen molar-refractivity contribution in [2.24, 2.45) is 5.10 Å². The van der Waals surface area contributed by atoms with Gasteiger partial charge in [0.25, 0.3) is 0 Å². The minimum atomic E-state index is -0.238. The van der Waals surface area contributed by atoms with Gasteiger partial charge in [0, 0.05) is 36.1 Å². The van der Waals surface area contributed by atoms with Gasteiger partial charge in [-0.2, -0.15) is 5.10 Å². The first kappa shape index (κ1) is 20.0. The molecule has 0 spiro atoms. The summed E-state index contributed by atoms with van der Waals surface area (Å²) < 4.78 is 0. The van der Waals surface area contributed by atoms with E-state index in [4.69, 9.17) is 11.6 Å². The molecule has 0 aromatic heterocycles. The van der Waals surface area contributed by atoms with Crippen molar-refractivity contribution in [2.45, 2.75) is 6.54 Å². The van der Waals surface area contributed by atoms with Crippen molar-refractivity contribution in [3.63, 3.8) is 0 Å². The lowest BCUT2D eigenvalue weighted by Gasteiger charge is -2.23. The molecule has 0 saturated carbocycles. The van der Waals surface area contributed by atoms with Crippen molar-refractivity contribution in [2.75, 3.05) is 25.2 Å². The Hall–Kier alpha value is -2.71. The molecule has 0 saturated heterocycles. The first-order valence-electron chi connectivity index (χ1n) is 8.41. The highest BCUT2D eigenvalue weighted by atomic mass is 35.5. The van der Waals surface area contributed by atoms with Gasteiger partial charge in [0.05, 0.1) is 12.3 Å². The summed E-state index contributed by atoms with van der Waals surface area (Å²) in [6, 6.07) is 11.7. The second kappa shape index (κ2) is 8.53. The molecule has 2 N–H and O–H groups in total. The van der Waals surface area contributed by atoms with E-state index in [-0.39, 0.29) is 23.6 Å². The zero-order chi connectivity index (χ0) is 20.3. The normalized spacial score (nSPS) is 13.9. The summed E-state index contributed by atoms with van der Waals surface area (Å²) in [7, 11) is 3.31. The Balaban J connectivity index is 1.82. The van der Waals surface area contributed by atoms with Crippen LogP contribution in [0, 0.1) is 0 Å². The Labute approximate surface area is 172 Å². The van der Waals surface area contributed by atoms with E-state index in [9.17, 15) is 14.7 Å². The average molecular weight is 419 g/mol. The minimum absolute atomic E-state index is 0.0615. The number of hydrogen-bond donors (Lipinski definition) is 2. The van der Waals surface area contributed by atoms with Gasteiger partial charge in [-0.3, -0.25) is 4.79 Å². The Bertz CT molecular complexity index is 949. The molecule has 9 heteroatoms. The first-order chi connectivity index (χ1) is 13.3. The number of urea groups is 1. The molecule has 0 fully saturated rings. The summed E-state index contributed by atoms with van der Waals surface area (Å²) in [6.07, 6.45) is 0. The lowest BCUT2D eigenvalue weighted by atomic mass is 10.1. The molecule has 2 aromatic carbocycles. The summed E-state index contributed by atoms with van der Waals surface area (Å²) in [5, 5.41) is 18.9. The van der Waals surface area contributed by atoms with Crippen molar-refractivity contribution in [1.82, 2.24) is 9.91 Å². The average Bonchev–Trinajstić information content (AvgIpc) is 2.66. The molecule has 0 bridgehead atoms. The number of hydrazone groups is 1. The predicted octanol–water partition coefficient (Wildman–Crippen LogP) is 4.21. The number of thioether (sulfide) groups is 1. The van der Waals surface area contributed by atoms with Crippen LogP contribution in [0.5, 0.6) is 5.75 Å². The number of aromatic hydroxyl groups is 1. The van der Waals surface area contributed by atoms with Crippen LogP contribution in [0.15, 0.2) is 47.6 Å². The largest absolute Gasteiger partial charge is 0.507 e. The molecule has 3 amide bonds. The molecular weight excluding hydrogens is 400 g/mol. The van der Waals surface area contributed by atoms with Gasteiger partial charge in [-0.05, 0) is 35.9 Å². The molecule has 1 heterocycles. The number of amides is 3. The third-order valence-electron chi connectivity index (χ3n) is 3.97. The first-order valence-corrected chi connectivity index (χ1v) is 9.78. The Morgan fingerprint density at radius 2 is 2.11 bits per heavy atom. The quantitative estimate of drug-likeness (QED) is 0.778. The van der Waals surface area contributed by atoms with Gasteiger partial charge in [-0.25, -0.2) is 9.80 Å². The van der Waals surface area contributed by atoms with Crippen molar-refractivity contribution >= 4 is 46.0 Å². The van der Waals surface area contributed by atoms with E-state index >= 15 is 0 Å². The van der Waals surface area contributed by atoms with Crippen LogP contribution in [0.4, 0.5) is 15.3 Å². The molecule has 3 rings (SSSR count). The van der Waals surface area contributed by atoms with Crippen LogP contribution in [0.2, 0.25) is 5.02 Å². The molecule has 28 heavy (non-hydrogen) atoms. The maximum Gasteiger partial charge on any atom is 0.321 e. The van der Waals surface area contributed by atoms with Crippen molar-refractivity contribution in [3.8, 4) is 5.75 Å². The number of halogens is 1. The summed E-state index contributed by atoms with van der Waals surface area (Å²) in [5.41, 5.74) is 2.52. The molecule has 146 valence electrons. The fourth-order valence-electron chi connectivity index (χ4n) is 2.55. The maximum atomic E-state index is 12.3. The second-order valence-electron chi connectivity index (χ2n) is 6.35. The number of carbonyl (C=O) groups is 2. The molecule has 2 aromatic rings. The number of carbonyl (C=O) groups excluding carboxylic acids is 2. The van der Waals surface area contributed by atoms with Gasteiger partial charge in [0.15, 0.2) is 0 Å². The number of hydrogen-bond acceptors (Lipinski definition) is 5. The van der Waals surface area contributed by atoms with Gasteiger partial charge in [0.1, 0.15) is 5.75 Å². The van der Waals surface area contributed by atoms with Crippen LogP contribution >= 0.6 is 23.4 Å². The molecule has 1 aliphatic heterocycles. The molecular formula is C19H19ClN4O3S. The number of phenolic OH excluding ortho intramolecular Hbond substituents is 1. The maximum absolute atomic E-state index is 12.3. The Morgan fingerprint density at radius 1 is 1.32 bits per heavy atom. The zero-order valence-electron chi connectivity index (χ0n) is 15.3. The fourth-order valence-corrected chi connectivity index (χ4v) is 3.45. The lowest BCUT2D eigenvalue weighted by Crippen LogP contribution is -2.29. The smallest absolute Gasteiger partial charge is 0.321 e. The van der Waals surface area contributed by atoms with E-state index in [1.807, 2.05) is 6.07 Å². The molecule has 0 aliphatic carbocycles. The zero-order valence-corrected chi connectivity index (χ0v) is 16.9. The Kier molecular flexibility index (Phi) is 6.11. The van der Waals surface area contributed by atoms with Crippen LogP contribution in [-0.4, -0.2) is 51.8 Å². The Morgan fingerprint density at radius 3 is 2.86 bits per heavy atom. The number of anilines is 1. The van der Waals surface area contributed by atoms with Gasteiger partial charge < -0.3 is 15.3 Å². The van der Waals surface area contributed by atoms with Gasteiger partial charge in [-0.15, -0.1) is 0 Å². The monoisotopic (exact) mass is 418 g/mol. The number of phenols is 1. The third-order valence-corrected chi connectivity index (χ3v) is 5.08. The van der Waals surface area contributed by atoms with Crippen LogP contribution in [0.3, 0.4) is 0 Å². The summed E-state index contributed by atoms with van der Waals surface area (Å²) >= 11 is 7.13. The van der Waals surface area contributed by atoms with Gasteiger partial charge in [-0.1, -0.05) is 35.5 Å². The van der Waals surface area contributed by atoms with E-state index in [2.05, 4.69) is 10.4 Å². The molecule has 1 aliphatic rings. The van der Waals surface area contributed by atoms with E-state index in [0.29, 0.717) is 27.7 Å². The summed E-state index contributed by atoms with van der Waals surface area (Å²) in [5.74, 6) is 0.411. The number of benzene rings is 2. The number of rotatable bonds is 4. The molecule has 7 nitrogen and oxygen atoms in total. The topological polar surface area (TPSA) is 85.2 Å². The molecule has 0 atom stereocenters. The van der Waals surface area contributed by atoms with Gasteiger partial charge in [0.2, 0.25) is 0 Å². The molecule has 0 unspecified atom stereocenters. The van der Waals surface area contributed by atoms with E-state index < -0.39 is 0 Å². The van der Waals surface area contributed by atoms with Crippen LogP contribution in [-0.2, 0) is 6.54 Å². The standard InChI is InChI=1S/C19H19ClN4O3S/c1-23(2)18(26)21-14-5-3-4-12(8-14)10-24-19(27)28-11-16(22-24)15-9-13(20)6-7-17(15)25/h3-9,25H,10-11H2,1-2H3,(H,21,26). The van der Waals surface area contributed by atoms with E-state index in [0.717, 1.165) is 17.3 Å². The highest BCUT2D eigenvalue weighted by Gasteiger charge is 2.24. The minimum Gasteiger partial charge on any atom is -0.507 e. The van der Waals surface area contributed by atoms with Crippen molar-refractivity contribution < 1.29 is 14.7 Å². The number of nitrogens with zero attached hydrogens (tertiary/aromatic N) is 3. The van der Waals surface area contributed by atoms with Gasteiger partial charge >= 0.3 is 11.3 Å². The van der Waals surface area contributed by atoms with Crippen LogP contribution in [0.25, 0.3) is 0 Å². The predicted molar refractivity (Wildman–Crippen MR) is 112 cm³/mol. The van der Waals surface area contributed by atoms with Crippen molar-refractivity contribution in [1.29, 1.82) is 0 Å². The highest BCUT2D eigenvalue weighted by molar-refractivity contribution is 8.14. The number of nitrogens with one attached hydrogen (secondary N) is 1.